The van der Waals surface area contributed by atoms with Crippen molar-refractivity contribution in [2.75, 3.05) is 25.6 Å². The van der Waals surface area contributed by atoms with Gasteiger partial charge >= 0.3 is 11.9 Å². The molecule has 0 radical (unpaired) electrons. The summed E-state index contributed by atoms with van der Waals surface area (Å²) >= 11 is 0.820. The highest BCUT2D eigenvalue weighted by molar-refractivity contribution is 8.00. The minimum absolute atomic E-state index is 0.0397. The van der Waals surface area contributed by atoms with Gasteiger partial charge in [-0.05, 0) is 13.3 Å². The second-order valence-corrected chi connectivity index (χ2v) is 7.14. The van der Waals surface area contributed by atoms with Crippen LogP contribution in [-0.4, -0.2) is 85.5 Å². The highest BCUT2D eigenvalue weighted by atomic mass is 32.2. The van der Waals surface area contributed by atoms with E-state index in [9.17, 15) is 19.2 Å². The Hall–Kier alpha value is -1.69. The molecule has 0 heterocycles. The topological polar surface area (TPSA) is 181 Å². The molecule has 2 unspecified atom stereocenters. The number of aliphatic carboxylic acids is 2. The molecule has 0 saturated heterocycles. The minimum atomic E-state index is -1.56. The third-order valence-electron chi connectivity index (χ3n) is 3.74. The first-order chi connectivity index (χ1) is 12.1. The van der Waals surface area contributed by atoms with Crippen LogP contribution in [0.1, 0.15) is 26.2 Å². The minimum Gasteiger partial charge on any atom is -0.481 e. The molecule has 26 heavy (non-hydrogen) atoms. The van der Waals surface area contributed by atoms with Crippen molar-refractivity contribution in [1.29, 1.82) is 0 Å². The van der Waals surface area contributed by atoms with Crippen molar-refractivity contribution in [3.05, 3.63) is 0 Å². The van der Waals surface area contributed by atoms with Crippen LogP contribution < -0.4 is 5.32 Å². The standard InChI is InChI=1S/C15H25NO9S/c1-9(20)10(5-26-11(14(24)25)4-13(22)23)2-3-12(21)16-15(6-17,7-18)8-19/h10-11,17-19H,2-8H2,1H3,(H,16,21)(H,22,23)(H,24,25). The number of aliphatic hydroxyl groups is 3. The molecule has 11 heteroatoms. The molecule has 10 nitrogen and oxygen atoms in total. The van der Waals surface area contributed by atoms with Gasteiger partial charge in [-0.15, -0.1) is 11.8 Å². The average molecular weight is 395 g/mol. The summed E-state index contributed by atoms with van der Waals surface area (Å²) in [5.74, 6) is -4.06. The number of hydrogen-bond acceptors (Lipinski definition) is 8. The third-order valence-corrected chi connectivity index (χ3v) is 5.11. The molecule has 0 aromatic rings. The zero-order valence-electron chi connectivity index (χ0n) is 14.4. The monoisotopic (exact) mass is 395 g/mol. The highest BCUT2D eigenvalue weighted by Crippen LogP contribution is 2.22. The summed E-state index contributed by atoms with van der Waals surface area (Å²) in [7, 11) is 0. The molecule has 150 valence electrons. The molecule has 0 fully saturated rings. The number of nitrogens with one attached hydrogen (secondary N) is 1. The molecule has 6 N–H and O–H groups in total. The fraction of sp³-hybridized carbons (Fsp3) is 0.733. The van der Waals surface area contributed by atoms with Gasteiger partial charge in [-0.1, -0.05) is 0 Å². The number of amides is 1. The quantitative estimate of drug-likeness (QED) is 0.202. The normalized spacial score (nSPS) is 13.7. The van der Waals surface area contributed by atoms with Crippen molar-refractivity contribution in [2.24, 2.45) is 5.92 Å². The molecule has 0 aliphatic rings. The Bertz CT molecular complexity index is 499. The predicted molar refractivity (Wildman–Crippen MR) is 91.7 cm³/mol. The van der Waals surface area contributed by atoms with Crippen LogP contribution >= 0.6 is 11.8 Å². The van der Waals surface area contributed by atoms with Crippen molar-refractivity contribution >= 4 is 35.4 Å². The summed E-state index contributed by atoms with van der Waals surface area (Å²) in [6.45, 7) is -0.733. The summed E-state index contributed by atoms with van der Waals surface area (Å²) < 4.78 is 0. The fourth-order valence-electron chi connectivity index (χ4n) is 1.94. The second-order valence-electron chi connectivity index (χ2n) is 5.91. The Morgan fingerprint density at radius 2 is 1.58 bits per heavy atom. The van der Waals surface area contributed by atoms with Crippen LogP contribution in [-0.2, 0) is 19.2 Å². The van der Waals surface area contributed by atoms with Crippen LogP contribution in [0.15, 0.2) is 0 Å². The van der Waals surface area contributed by atoms with Crippen molar-refractivity contribution < 1.29 is 44.7 Å². The van der Waals surface area contributed by atoms with Crippen LogP contribution in [0.2, 0.25) is 0 Å². The van der Waals surface area contributed by atoms with Crippen molar-refractivity contribution in [3.63, 3.8) is 0 Å². The number of thioether (sulfide) groups is 1. The van der Waals surface area contributed by atoms with Crippen LogP contribution in [0, 0.1) is 5.92 Å². The number of carbonyl (C=O) groups is 4. The van der Waals surface area contributed by atoms with E-state index in [1.54, 1.807) is 0 Å². The molecule has 0 spiro atoms. The molecule has 0 saturated carbocycles. The number of carboxylic acid groups (broad SMARTS) is 2. The summed E-state index contributed by atoms with van der Waals surface area (Å²) in [5, 5.41) is 46.3. The number of aliphatic hydroxyl groups excluding tert-OH is 3. The summed E-state index contributed by atoms with van der Waals surface area (Å²) in [6, 6.07) is 0. The maximum Gasteiger partial charge on any atom is 0.317 e. The lowest BCUT2D eigenvalue weighted by Crippen LogP contribution is -2.57. The molecule has 0 aromatic carbocycles. The van der Waals surface area contributed by atoms with Gasteiger partial charge in [0.1, 0.15) is 16.6 Å². The summed E-state index contributed by atoms with van der Waals surface area (Å²) in [5.41, 5.74) is -1.56. The predicted octanol–water partition coefficient (Wildman–Crippen LogP) is -1.54. The smallest absolute Gasteiger partial charge is 0.317 e. The van der Waals surface area contributed by atoms with Crippen molar-refractivity contribution in [2.45, 2.75) is 37.0 Å². The number of carbonyl (C=O) groups excluding carboxylic acids is 2. The lowest BCUT2D eigenvalue weighted by atomic mass is 9.99. The Morgan fingerprint density at radius 3 is 1.96 bits per heavy atom. The number of rotatable bonds is 14. The molecular weight excluding hydrogens is 370 g/mol. The maximum absolute atomic E-state index is 11.9. The second kappa shape index (κ2) is 11.8. The van der Waals surface area contributed by atoms with Crippen LogP contribution in [0.25, 0.3) is 0 Å². The molecular formula is C15H25NO9S. The third kappa shape index (κ3) is 8.61. The zero-order valence-corrected chi connectivity index (χ0v) is 15.2. The van der Waals surface area contributed by atoms with Crippen LogP contribution in [0.3, 0.4) is 0 Å². The van der Waals surface area contributed by atoms with E-state index in [0.29, 0.717) is 0 Å². The molecule has 0 aliphatic heterocycles. The average Bonchev–Trinajstić information content (AvgIpc) is 2.57. The van der Waals surface area contributed by atoms with Crippen molar-refractivity contribution in [3.8, 4) is 0 Å². The van der Waals surface area contributed by atoms with Crippen LogP contribution in [0.5, 0.6) is 0 Å². The van der Waals surface area contributed by atoms with Gasteiger partial charge in [0.2, 0.25) is 5.91 Å². The largest absolute Gasteiger partial charge is 0.481 e. The zero-order chi connectivity index (χ0) is 20.3. The SMILES string of the molecule is CC(=O)C(CCC(=O)NC(CO)(CO)CO)CSC(CC(=O)O)C(=O)O. The van der Waals surface area contributed by atoms with E-state index in [1.807, 2.05) is 0 Å². The fourth-order valence-corrected chi connectivity index (χ4v) is 3.21. The Labute approximate surface area is 154 Å². The number of carboxylic acids is 2. The molecule has 0 aliphatic carbocycles. The number of ketones is 1. The van der Waals surface area contributed by atoms with Gasteiger partial charge in [-0.2, -0.15) is 0 Å². The summed E-state index contributed by atoms with van der Waals surface area (Å²) in [6.07, 6.45) is -0.660. The highest BCUT2D eigenvalue weighted by Gasteiger charge is 2.30. The van der Waals surface area contributed by atoms with E-state index in [2.05, 4.69) is 5.32 Å². The summed E-state index contributed by atoms with van der Waals surface area (Å²) in [4.78, 5) is 45.3. The van der Waals surface area contributed by atoms with E-state index < -0.39 is 60.8 Å². The van der Waals surface area contributed by atoms with Crippen molar-refractivity contribution in [1.82, 2.24) is 5.32 Å². The molecule has 0 bridgehead atoms. The lowest BCUT2D eigenvalue weighted by molar-refractivity contribution is -0.142. The van der Waals surface area contributed by atoms with Gasteiger partial charge < -0.3 is 30.8 Å². The van der Waals surface area contributed by atoms with Gasteiger partial charge in [0.15, 0.2) is 0 Å². The van der Waals surface area contributed by atoms with Crippen LogP contribution in [0.4, 0.5) is 0 Å². The lowest BCUT2D eigenvalue weighted by Gasteiger charge is -2.28. The number of Topliss-reactive ketones (excluding diaryl/α,β-unsaturated/α-hetero) is 1. The Kier molecular flexibility index (Phi) is 11.1. The first-order valence-electron chi connectivity index (χ1n) is 7.81. The Balaban J connectivity index is 4.69. The van der Waals surface area contributed by atoms with Gasteiger partial charge in [-0.3, -0.25) is 19.2 Å². The van der Waals surface area contributed by atoms with Gasteiger partial charge in [0.05, 0.1) is 26.2 Å². The van der Waals surface area contributed by atoms with E-state index in [-0.39, 0.29) is 24.4 Å². The van der Waals surface area contributed by atoms with E-state index in [1.165, 1.54) is 6.92 Å². The maximum atomic E-state index is 11.9. The van der Waals surface area contributed by atoms with Gasteiger partial charge in [-0.25, -0.2) is 0 Å². The van der Waals surface area contributed by atoms with Gasteiger partial charge in [0, 0.05) is 18.1 Å². The van der Waals surface area contributed by atoms with E-state index in [4.69, 9.17) is 25.5 Å². The molecule has 2 atom stereocenters. The van der Waals surface area contributed by atoms with Gasteiger partial charge in [0.25, 0.3) is 0 Å². The number of hydrogen-bond donors (Lipinski definition) is 6. The first kappa shape index (κ1) is 24.3. The molecule has 0 aromatic heterocycles. The van der Waals surface area contributed by atoms with E-state index in [0.717, 1.165) is 11.8 Å². The molecule has 1 amide bonds. The first-order valence-corrected chi connectivity index (χ1v) is 8.86. The molecule has 0 rings (SSSR count). The Morgan fingerprint density at radius 1 is 1.04 bits per heavy atom. The van der Waals surface area contributed by atoms with E-state index >= 15 is 0 Å².